The molecular formula is C20H22F3N3O4S. The Hall–Kier alpha value is -2.50. The fraction of sp³-hybridized carbons (Fsp3) is 0.400. The topological polar surface area (TPSA) is 78.4 Å². The summed E-state index contributed by atoms with van der Waals surface area (Å²) in [5.74, 6) is 0.729. The summed E-state index contributed by atoms with van der Waals surface area (Å²) in [6, 6.07) is 7.56. The molecule has 0 atom stereocenters. The number of nitrogens with one attached hydrogen (secondary N) is 1. The predicted octanol–water partition coefficient (Wildman–Crippen LogP) is 3.80. The number of rotatable bonds is 11. The van der Waals surface area contributed by atoms with Gasteiger partial charge in [0.1, 0.15) is 11.3 Å². The highest BCUT2D eigenvalue weighted by Crippen LogP contribution is 2.24. The van der Waals surface area contributed by atoms with Crippen LogP contribution in [0.2, 0.25) is 0 Å². The van der Waals surface area contributed by atoms with Crippen molar-refractivity contribution in [3.05, 3.63) is 46.9 Å². The number of H-pyrrole nitrogens is 1. The van der Waals surface area contributed by atoms with Crippen molar-refractivity contribution in [3.8, 4) is 11.4 Å². The fourth-order valence-electron chi connectivity index (χ4n) is 2.73. The Balaban J connectivity index is 1.77. The number of alkyl halides is 3. The Labute approximate surface area is 180 Å². The first-order chi connectivity index (χ1) is 14.9. The first kappa shape index (κ1) is 23.2. The third-order valence-corrected chi connectivity index (χ3v) is 5.17. The van der Waals surface area contributed by atoms with E-state index in [1.807, 2.05) is 0 Å². The molecule has 0 spiro atoms. The van der Waals surface area contributed by atoms with Gasteiger partial charge in [-0.15, -0.1) is 0 Å². The van der Waals surface area contributed by atoms with Crippen LogP contribution >= 0.6 is 11.8 Å². The Kier molecular flexibility index (Phi) is 7.99. The van der Waals surface area contributed by atoms with E-state index in [1.54, 1.807) is 19.4 Å². The number of hydrogen-bond donors (Lipinski definition) is 1. The highest BCUT2D eigenvalue weighted by molar-refractivity contribution is 7.99. The second-order valence-corrected chi connectivity index (χ2v) is 7.54. The number of aromatic nitrogens is 3. The highest BCUT2D eigenvalue weighted by atomic mass is 32.2. The minimum Gasteiger partial charge on any atom is -0.484 e. The van der Waals surface area contributed by atoms with Gasteiger partial charge in [-0.2, -0.15) is 13.2 Å². The van der Waals surface area contributed by atoms with Crippen molar-refractivity contribution in [1.82, 2.24) is 14.5 Å². The predicted molar refractivity (Wildman–Crippen MR) is 111 cm³/mol. The molecule has 0 saturated heterocycles. The lowest BCUT2D eigenvalue weighted by Crippen LogP contribution is -2.22. The number of fused-ring (bicyclic) bond motifs is 1. The zero-order chi connectivity index (χ0) is 22.3. The Morgan fingerprint density at radius 2 is 1.90 bits per heavy atom. The molecule has 2 aromatic heterocycles. The van der Waals surface area contributed by atoms with Gasteiger partial charge in [0.2, 0.25) is 0 Å². The summed E-state index contributed by atoms with van der Waals surface area (Å²) in [6.45, 7) is 0.220. The van der Waals surface area contributed by atoms with E-state index in [2.05, 4.69) is 9.97 Å². The Morgan fingerprint density at radius 3 is 2.61 bits per heavy atom. The van der Waals surface area contributed by atoms with Crippen LogP contribution in [0.3, 0.4) is 0 Å². The summed E-state index contributed by atoms with van der Waals surface area (Å²) in [4.78, 5) is 20.5. The minimum atomic E-state index is -4.42. The largest absolute Gasteiger partial charge is 0.484 e. The van der Waals surface area contributed by atoms with Gasteiger partial charge in [-0.25, -0.2) is 4.98 Å². The van der Waals surface area contributed by atoms with Crippen LogP contribution in [-0.4, -0.2) is 60.0 Å². The average molecular weight is 457 g/mol. The first-order valence-corrected chi connectivity index (χ1v) is 10.5. The molecule has 3 aromatic rings. The lowest BCUT2D eigenvalue weighted by molar-refractivity contribution is -0.153. The van der Waals surface area contributed by atoms with Crippen molar-refractivity contribution in [2.24, 2.45) is 0 Å². The van der Waals surface area contributed by atoms with Crippen LogP contribution in [-0.2, 0) is 9.47 Å². The second-order valence-electron chi connectivity index (χ2n) is 6.48. The number of aromatic amines is 1. The number of methoxy groups -OCH3 is 1. The summed E-state index contributed by atoms with van der Waals surface area (Å²) < 4.78 is 53.6. The van der Waals surface area contributed by atoms with Gasteiger partial charge in [0.25, 0.3) is 5.56 Å². The Bertz CT molecular complexity index is 1030. The zero-order valence-corrected chi connectivity index (χ0v) is 17.6. The molecule has 11 heteroatoms. The molecule has 2 heterocycles. The molecule has 1 aromatic carbocycles. The summed E-state index contributed by atoms with van der Waals surface area (Å²) >= 11 is 1.40. The van der Waals surface area contributed by atoms with Crippen LogP contribution in [0, 0.1) is 0 Å². The van der Waals surface area contributed by atoms with E-state index in [0.29, 0.717) is 47.5 Å². The number of hydrogen-bond acceptors (Lipinski definition) is 6. The Morgan fingerprint density at radius 1 is 1.13 bits per heavy atom. The van der Waals surface area contributed by atoms with Crippen LogP contribution in [0.5, 0.6) is 5.75 Å². The molecule has 0 radical (unpaired) electrons. The molecule has 0 fully saturated rings. The monoisotopic (exact) mass is 457 g/mol. The van der Waals surface area contributed by atoms with E-state index in [4.69, 9.17) is 14.2 Å². The molecule has 3 rings (SSSR count). The van der Waals surface area contributed by atoms with E-state index < -0.39 is 12.8 Å². The minimum absolute atomic E-state index is 0.0606. The number of thioether (sulfide) groups is 1. The van der Waals surface area contributed by atoms with E-state index in [9.17, 15) is 18.0 Å². The molecule has 31 heavy (non-hydrogen) atoms. The highest BCUT2D eigenvalue weighted by Gasteiger charge is 2.28. The van der Waals surface area contributed by atoms with Gasteiger partial charge in [0.15, 0.2) is 11.8 Å². The summed E-state index contributed by atoms with van der Waals surface area (Å²) in [5.41, 5.74) is 1.08. The molecule has 168 valence electrons. The lowest BCUT2D eigenvalue weighted by atomic mass is 10.3. The number of ether oxygens (including phenoxy) is 3. The maximum absolute atomic E-state index is 13.0. The smallest absolute Gasteiger partial charge is 0.422 e. The number of halogens is 3. The molecule has 7 nitrogen and oxygen atoms in total. The molecule has 0 bridgehead atoms. The van der Waals surface area contributed by atoms with Gasteiger partial charge < -0.3 is 19.2 Å². The van der Waals surface area contributed by atoms with Crippen molar-refractivity contribution in [2.75, 3.05) is 39.3 Å². The lowest BCUT2D eigenvalue weighted by Gasteiger charge is -2.13. The van der Waals surface area contributed by atoms with Crippen molar-refractivity contribution in [3.63, 3.8) is 0 Å². The van der Waals surface area contributed by atoms with Crippen LogP contribution in [0.4, 0.5) is 13.2 Å². The van der Waals surface area contributed by atoms with E-state index in [1.165, 1.54) is 40.6 Å². The van der Waals surface area contributed by atoms with Gasteiger partial charge >= 0.3 is 6.18 Å². The van der Waals surface area contributed by atoms with Crippen LogP contribution in [0.1, 0.15) is 6.42 Å². The first-order valence-electron chi connectivity index (χ1n) is 9.48. The van der Waals surface area contributed by atoms with Gasteiger partial charge in [-0.1, -0.05) is 11.8 Å². The van der Waals surface area contributed by atoms with Crippen molar-refractivity contribution in [2.45, 2.75) is 17.8 Å². The van der Waals surface area contributed by atoms with Gasteiger partial charge in [0, 0.05) is 25.7 Å². The van der Waals surface area contributed by atoms with E-state index in [0.717, 1.165) is 6.42 Å². The van der Waals surface area contributed by atoms with E-state index in [-0.39, 0.29) is 11.3 Å². The van der Waals surface area contributed by atoms with Crippen LogP contribution in [0.15, 0.2) is 46.5 Å². The summed E-state index contributed by atoms with van der Waals surface area (Å²) in [7, 11) is 1.61. The normalized spacial score (nSPS) is 11.9. The van der Waals surface area contributed by atoms with Gasteiger partial charge in [-0.05, 0) is 36.8 Å². The SMILES string of the molecule is COCCOCCCSc1nc2cc[nH]c2c(=O)n1-c1ccc(OCC(F)(F)F)cc1. The van der Waals surface area contributed by atoms with Crippen molar-refractivity contribution < 1.29 is 27.4 Å². The maximum Gasteiger partial charge on any atom is 0.422 e. The maximum atomic E-state index is 13.0. The summed E-state index contributed by atoms with van der Waals surface area (Å²) in [5, 5.41) is 0.484. The number of nitrogens with zero attached hydrogens (tertiary/aromatic N) is 2. The van der Waals surface area contributed by atoms with Crippen LogP contribution < -0.4 is 10.3 Å². The quantitative estimate of drug-likeness (QED) is 0.268. The number of benzene rings is 1. The summed E-state index contributed by atoms with van der Waals surface area (Å²) in [6.07, 6.45) is -2.04. The molecule has 0 aliphatic rings. The third-order valence-electron chi connectivity index (χ3n) is 4.14. The molecule has 1 N–H and O–H groups in total. The molecule has 0 unspecified atom stereocenters. The molecule has 0 aliphatic heterocycles. The van der Waals surface area contributed by atoms with E-state index >= 15 is 0 Å². The third kappa shape index (κ3) is 6.49. The standard InChI is InChI=1S/C20H22F3N3O4S/c1-28-10-11-29-9-2-12-31-19-25-16-7-8-24-17(16)18(27)26(19)14-3-5-15(6-4-14)30-13-20(21,22)23/h3-8,24H,2,9-13H2,1H3. The fourth-order valence-corrected chi connectivity index (χ4v) is 3.65. The molecular weight excluding hydrogens is 435 g/mol. The second kappa shape index (κ2) is 10.7. The van der Waals surface area contributed by atoms with Crippen molar-refractivity contribution in [1.29, 1.82) is 0 Å². The zero-order valence-electron chi connectivity index (χ0n) is 16.8. The molecule has 0 amide bonds. The van der Waals surface area contributed by atoms with Gasteiger partial charge in [-0.3, -0.25) is 9.36 Å². The van der Waals surface area contributed by atoms with Crippen LogP contribution in [0.25, 0.3) is 16.7 Å². The average Bonchev–Trinajstić information content (AvgIpc) is 3.21. The van der Waals surface area contributed by atoms with Crippen molar-refractivity contribution >= 4 is 22.8 Å². The molecule has 0 aliphatic carbocycles. The van der Waals surface area contributed by atoms with Gasteiger partial charge in [0.05, 0.1) is 24.4 Å². The molecule has 0 saturated carbocycles.